The molecule has 0 radical (unpaired) electrons. The zero-order chi connectivity index (χ0) is 14.9. The normalized spacial score (nSPS) is 10.6. The number of carbonyl (C=O) groups is 1. The van der Waals surface area contributed by atoms with E-state index in [0.29, 0.717) is 22.8 Å². The van der Waals surface area contributed by atoms with Crippen molar-refractivity contribution in [2.24, 2.45) is 0 Å². The summed E-state index contributed by atoms with van der Waals surface area (Å²) in [5.41, 5.74) is 3.96. The Labute approximate surface area is 117 Å². The number of ether oxygens (including phenoxy) is 1. The third-order valence-corrected chi connectivity index (χ3v) is 3.20. The third kappa shape index (κ3) is 2.52. The quantitative estimate of drug-likeness (QED) is 0.928. The largest absolute Gasteiger partial charge is 0.496 e. The topological polar surface area (TPSA) is 72.6 Å². The van der Waals surface area contributed by atoms with Crippen molar-refractivity contribution in [1.82, 2.24) is 5.16 Å². The SMILES string of the molecule is COc1cc(C)cc(C)c1-c1onc(C)c1CC(=O)O. The maximum atomic E-state index is 11.0. The van der Waals surface area contributed by atoms with Crippen molar-refractivity contribution in [3.05, 3.63) is 34.5 Å². The van der Waals surface area contributed by atoms with Gasteiger partial charge < -0.3 is 14.4 Å². The van der Waals surface area contributed by atoms with Crippen molar-refractivity contribution in [2.75, 3.05) is 7.11 Å². The molecule has 5 heteroatoms. The second kappa shape index (κ2) is 5.36. The predicted octanol–water partition coefficient (Wildman–Crippen LogP) is 2.90. The van der Waals surface area contributed by atoms with Crippen LogP contribution in [0.3, 0.4) is 0 Å². The van der Waals surface area contributed by atoms with Crippen molar-refractivity contribution in [3.63, 3.8) is 0 Å². The van der Waals surface area contributed by atoms with E-state index in [4.69, 9.17) is 14.4 Å². The fourth-order valence-electron chi connectivity index (χ4n) is 2.33. The predicted molar refractivity (Wildman–Crippen MR) is 74.0 cm³/mol. The van der Waals surface area contributed by atoms with E-state index in [-0.39, 0.29) is 6.42 Å². The van der Waals surface area contributed by atoms with Gasteiger partial charge in [0.1, 0.15) is 5.75 Å². The highest BCUT2D eigenvalue weighted by Crippen LogP contribution is 2.37. The van der Waals surface area contributed by atoms with E-state index in [1.165, 1.54) is 0 Å². The molecule has 0 aliphatic heterocycles. The van der Waals surface area contributed by atoms with Gasteiger partial charge in [-0.15, -0.1) is 0 Å². The van der Waals surface area contributed by atoms with Gasteiger partial charge in [0.2, 0.25) is 0 Å². The Kier molecular flexibility index (Phi) is 3.79. The minimum absolute atomic E-state index is 0.124. The van der Waals surface area contributed by atoms with E-state index in [9.17, 15) is 4.79 Å². The number of hydrogen-bond donors (Lipinski definition) is 1. The smallest absolute Gasteiger partial charge is 0.308 e. The fourth-order valence-corrected chi connectivity index (χ4v) is 2.33. The Hall–Kier alpha value is -2.30. The molecule has 0 aliphatic rings. The molecule has 1 N–H and O–H groups in total. The highest BCUT2D eigenvalue weighted by Gasteiger charge is 2.22. The van der Waals surface area contributed by atoms with Crippen LogP contribution in [-0.2, 0) is 11.2 Å². The standard InChI is InChI=1S/C15H17NO4/c1-8-5-9(2)14(12(6-8)19-4)15-11(7-13(17)18)10(3)16-20-15/h5-6H,7H2,1-4H3,(H,17,18). The van der Waals surface area contributed by atoms with Crippen LogP contribution in [0, 0.1) is 20.8 Å². The third-order valence-electron chi connectivity index (χ3n) is 3.20. The average molecular weight is 275 g/mol. The van der Waals surface area contributed by atoms with E-state index in [1.54, 1.807) is 14.0 Å². The average Bonchev–Trinajstić information content (AvgIpc) is 2.70. The Balaban J connectivity index is 2.66. The molecule has 5 nitrogen and oxygen atoms in total. The Morgan fingerprint density at radius 1 is 1.35 bits per heavy atom. The first-order valence-corrected chi connectivity index (χ1v) is 6.26. The van der Waals surface area contributed by atoms with Crippen LogP contribution in [0.1, 0.15) is 22.4 Å². The van der Waals surface area contributed by atoms with Gasteiger partial charge in [0, 0.05) is 5.56 Å². The lowest BCUT2D eigenvalue weighted by molar-refractivity contribution is -0.136. The number of aromatic nitrogens is 1. The summed E-state index contributed by atoms with van der Waals surface area (Å²) in [5, 5.41) is 12.9. The van der Waals surface area contributed by atoms with Gasteiger partial charge in [-0.25, -0.2) is 0 Å². The minimum Gasteiger partial charge on any atom is -0.496 e. The summed E-state index contributed by atoms with van der Waals surface area (Å²) in [4.78, 5) is 11.0. The van der Waals surface area contributed by atoms with Crippen molar-refractivity contribution in [1.29, 1.82) is 0 Å². The Bertz CT molecular complexity index is 658. The molecule has 0 saturated heterocycles. The lowest BCUT2D eigenvalue weighted by Crippen LogP contribution is -2.03. The summed E-state index contributed by atoms with van der Waals surface area (Å²) in [5.74, 6) is 0.214. The van der Waals surface area contributed by atoms with E-state index < -0.39 is 5.97 Å². The lowest BCUT2D eigenvalue weighted by atomic mass is 9.98. The number of aliphatic carboxylic acids is 1. The van der Waals surface area contributed by atoms with Crippen LogP contribution < -0.4 is 4.74 Å². The molecule has 0 bridgehead atoms. The van der Waals surface area contributed by atoms with Gasteiger partial charge in [-0.1, -0.05) is 11.2 Å². The molecule has 1 heterocycles. The Morgan fingerprint density at radius 2 is 2.05 bits per heavy atom. The number of carboxylic acids is 1. The first-order valence-electron chi connectivity index (χ1n) is 6.26. The van der Waals surface area contributed by atoms with Crippen LogP contribution in [-0.4, -0.2) is 23.3 Å². The first-order chi connectivity index (χ1) is 9.43. The highest BCUT2D eigenvalue weighted by molar-refractivity contribution is 5.78. The van der Waals surface area contributed by atoms with Gasteiger partial charge in [-0.2, -0.15) is 0 Å². The van der Waals surface area contributed by atoms with Crippen LogP contribution >= 0.6 is 0 Å². The van der Waals surface area contributed by atoms with Gasteiger partial charge in [-0.3, -0.25) is 4.79 Å². The Morgan fingerprint density at radius 3 is 2.65 bits per heavy atom. The molecular weight excluding hydrogens is 258 g/mol. The van der Waals surface area contributed by atoms with Gasteiger partial charge in [0.05, 0.1) is 24.8 Å². The van der Waals surface area contributed by atoms with Crippen LogP contribution in [0.4, 0.5) is 0 Å². The van der Waals surface area contributed by atoms with Gasteiger partial charge in [0.25, 0.3) is 0 Å². The minimum atomic E-state index is -0.915. The summed E-state index contributed by atoms with van der Waals surface area (Å²) >= 11 is 0. The second-order valence-corrected chi connectivity index (χ2v) is 4.81. The van der Waals surface area contributed by atoms with Crippen LogP contribution in [0.25, 0.3) is 11.3 Å². The number of nitrogens with zero attached hydrogens (tertiary/aromatic N) is 1. The van der Waals surface area contributed by atoms with Crippen molar-refractivity contribution in [2.45, 2.75) is 27.2 Å². The van der Waals surface area contributed by atoms with Gasteiger partial charge in [-0.05, 0) is 38.0 Å². The van der Waals surface area contributed by atoms with E-state index in [1.807, 2.05) is 26.0 Å². The number of benzene rings is 1. The maximum absolute atomic E-state index is 11.0. The zero-order valence-electron chi connectivity index (χ0n) is 12.0. The first kappa shape index (κ1) is 14.1. The molecular formula is C15H17NO4. The molecule has 2 rings (SSSR count). The summed E-state index contributed by atoms with van der Waals surface area (Å²) in [6.45, 7) is 5.65. The van der Waals surface area contributed by atoms with Gasteiger partial charge >= 0.3 is 5.97 Å². The molecule has 2 aromatic rings. The number of hydrogen-bond acceptors (Lipinski definition) is 4. The maximum Gasteiger partial charge on any atom is 0.308 e. The van der Waals surface area contributed by atoms with E-state index in [2.05, 4.69) is 5.16 Å². The number of methoxy groups -OCH3 is 1. The summed E-state index contributed by atoms with van der Waals surface area (Å²) < 4.78 is 10.7. The van der Waals surface area contributed by atoms with E-state index >= 15 is 0 Å². The van der Waals surface area contributed by atoms with Crippen molar-refractivity contribution < 1.29 is 19.2 Å². The molecule has 0 spiro atoms. The van der Waals surface area contributed by atoms with Crippen LogP contribution in [0.15, 0.2) is 16.7 Å². The second-order valence-electron chi connectivity index (χ2n) is 4.81. The number of carboxylic acid groups (broad SMARTS) is 1. The highest BCUT2D eigenvalue weighted by atomic mass is 16.5. The van der Waals surface area contributed by atoms with Crippen molar-refractivity contribution in [3.8, 4) is 17.1 Å². The number of rotatable bonds is 4. The van der Waals surface area contributed by atoms with Crippen molar-refractivity contribution >= 4 is 5.97 Å². The molecule has 20 heavy (non-hydrogen) atoms. The monoisotopic (exact) mass is 275 g/mol. The molecule has 106 valence electrons. The molecule has 1 aromatic heterocycles. The lowest BCUT2D eigenvalue weighted by Gasteiger charge is -2.11. The zero-order valence-corrected chi connectivity index (χ0v) is 12.0. The molecule has 0 unspecified atom stereocenters. The van der Waals surface area contributed by atoms with Crippen LogP contribution in [0.5, 0.6) is 5.75 Å². The molecule has 0 atom stereocenters. The molecule has 0 aliphatic carbocycles. The van der Waals surface area contributed by atoms with Gasteiger partial charge in [0.15, 0.2) is 5.76 Å². The molecule has 0 amide bonds. The summed E-state index contributed by atoms with van der Waals surface area (Å²) in [6.07, 6.45) is -0.124. The molecule has 0 saturated carbocycles. The fraction of sp³-hybridized carbons (Fsp3) is 0.333. The van der Waals surface area contributed by atoms with Crippen LogP contribution in [0.2, 0.25) is 0 Å². The number of aryl methyl sites for hydroxylation is 3. The van der Waals surface area contributed by atoms with E-state index in [0.717, 1.165) is 16.7 Å². The molecule has 1 aromatic carbocycles. The summed E-state index contributed by atoms with van der Waals surface area (Å²) in [7, 11) is 1.58. The summed E-state index contributed by atoms with van der Waals surface area (Å²) in [6, 6.07) is 3.89. The molecule has 0 fully saturated rings.